The van der Waals surface area contributed by atoms with Gasteiger partial charge in [0.1, 0.15) is 0 Å². The minimum Gasteiger partial charge on any atom is -0.478 e. The lowest BCUT2D eigenvalue weighted by Gasteiger charge is -2.08. The summed E-state index contributed by atoms with van der Waals surface area (Å²) in [6.07, 6.45) is 1.77. The summed E-state index contributed by atoms with van der Waals surface area (Å²) in [7, 11) is 0. The minimum atomic E-state index is -0.954. The zero-order valence-electron chi connectivity index (χ0n) is 12.1. The van der Waals surface area contributed by atoms with E-state index in [-0.39, 0.29) is 11.1 Å². The fourth-order valence-corrected chi connectivity index (χ4v) is 2.48. The molecular formula is C18H15NO3. The molecule has 1 aromatic heterocycles. The van der Waals surface area contributed by atoms with E-state index in [0.717, 1.165) is 16.5 Å². The van der Waals surface area contributed by atoms with Crippen molar-refractivity contribution < 1.29 is 9.90 Å². The molecule has 0 aliphatic carbocycles. The third-order valence-corrected chi connectivity index (χ3v) is 3.69. The van der Waals surface area contributed by atoms with Gasteiger partial charge in [-0.2, -0.15) is 0 Å². The number of aryl methyl sites for hydroxylation is 1. The smallest absolute Gasteiger partial charge is 0.335 e. The quantitative estimate of drug-likeness (QED) is 0.807. The molecular weight excluding hydrogens is 278 g/mol. The summed E-state index contributed by atoms with van der Waals surface area (Å²) in [5.41, 5.74) is 2.21. The summed E-state index contributed by atoms with van der Waals surface area (Å²) >= 11 is 0. The average Bonchev–Trinajstić information content (AvgIpc) is 2.50. The van der Waals surface area contributed by atoms with E-state index < -0.39 is 5.97 Å². The lowest BCUT2D eigenvalue weighted by atomic mass is 10.1. The molecule has 0 spiro atoms. The normalized spacial score (nSPS) is 10.8. The first-order valence-corrected chi connectivity index (χ1v) is 6.96. The number of carboxylic acids is 1. The Morgan fingerprint density at radius 3 is 2.50 bits per heavy atom. The first kappa shape index (κ1) is 14.1. The molecule has 0 bridgehead atoms. The number of hydrogen-bond donors (Lipinski definition) is 1. The van der Waals surface area contributed by atoms with E-state index in [1.807, 2.05) is 31.2 Å². The zero-order chi connectivity index (χ0) is 15.7. The summed E-state index contributed by atoms with van der Waals surface area (Å²) in [6.45, 7) is 2.41. The van der Waals surface area contributed by atoms with E-state index in [0.29, 0.717) is 11.9 Å². The van der Waals surface area contributed by atoms with Gasteiger partial charge in [-0.3, -0.25) is 4.79 Å². The van der Waals surface area contributed by atoms with Crippen molar-refractivity contribution >= 4 is 16.7 Å². The van der Waals surface area contributed by atoms with Crippen molar-refractivity contribution in [1.82, 2.24) is 4.57 Å². The standard InChI is InChI=1S/C18H15NO3/c1-12-2-7-16-15(10-12)8-9-19(17(16)20)11-13-3-5-14(6-4-13)18(21)22/h2-10H,11H2,1H3,(H,21,22). The molecule has 0 atom stereocenters. The average molecular weight is 293 g/mol. The molecule has 0 aliphatic heterocycles. The van der Waals surface area contributed by atoms with E-state index in [4.69, 9.17) is 5.11 Å². The Balaban J connectivity index is 1.97. The summed E-state index contributed by atoms with van der Waals surface area (Å²) in [4.78, 5) is 23.3. The molecule has 0 amide bonds. The SMILES string of the molecule is Cc1ccc2c(=O)n(Cc3ccc(C(=O)O)cc3)ccc2c1. The van der Waals surface area contributed by atoms with Crippen molar-refractivity contribution in [2.75, 3.05) is 0 Å². The Morgan fingerprint density at radius 2 is 1.82 bits per heavy atom. The molecule has 4 heteroatoms. The second-order valence-electron chi connectivity index (χ2n) is 5.34. The fourth-order valence-electron chi connectivity index (χ4n) is 2.48. The maximum Gasteiger partial charge on any atom is 0.335 e. The largest absolute Gasteiger partial charge is 0.478 e. The molecule has 0 radical (unpaired) electrons. The molecule has 3 aromatic rings. The fraction of sp³-hybridized carbons (Fsp3) is 0.111. The van der Waals surface area contributed by atoms with Crippen LogP contribution in [0.2, 0.25) is 0 Å². The van der Waals surface area contributed by atoms with Gasteiger partial charge in [0, 0.05) is 11.6 Å². The van der Waals surface area contributed by atoms with Crippen molar-refractivity contribution in [3.8, 4) is 0 Å². The molecule has 0 saturated heterocycles. The second-order valence-corrected chi connectivity index (χ2v) is 5.34. The van der Waals surface area contributed by atoms with E-state index in [1.54, 1.807) is 35.0 Å². The number of nitrogens with zero attached hydrogens (tertiary/aromatic N) is 1. The maximum absolute atomic E-state index is 12.5. The zero-order valence-corrected chi connectivity index (χ0v) is 12.1. The van der Waals surface area contributed by atoms with E-state index in [1.165, 1.54) is 0 Å². The van der Waals surface area contributed by atoms with Crippen LogP contribution < -0.4 is 5.56 Å². The van der Waals surface area contributed by atoms with Gasteiger partial charge in [0.05, 0.1) is 12.1 Å². The van der Waals surface area contributed by atoms with Crippen LogP contribution in [0.25, 0.3) is 10.8 Å². The predicted octanol–water partition coefficient (Wildman–Crippen LogP) is 3.06. The van der Waals surface area contributed by atoms with Crippen LogP contribution in [0, 0.1) is 6.92 Å². The molecule has 3 rings (SSSR count). The highest BCUT2D eigenvalue weighted by atomic mass is 16.4. The summed E-state index contributed by atoms with van der Waals surface area (Å²) in [5.74, 6) is -0.954. The number of hydrogen-bond acceptors (Lipinski definition) is 2. The number of fused-ring (bicyclic) bond motifs is 1. The summed E-state index contributed by atoms with van der Waals surface area (Å²) in [5, 5.41) is 10.5. The first-order chi connectivity index (χ1) is 10.5. The highest BCUT2D eigenvalue weighted by Gasteiger charge is 2.05. The highest BCUT2D eigenvalue weighted by molar-refractivity contribution is 5.87. The highest BCUT2D eigenvalue weighted by Crippen LogP contribution is 2.12. The van der Waals surface area contributed by atoms with Crippen LogP contribution in [0.1, 0.15) is 21.5 Å². The van der Waals surface area contributed by atoms with Gasteiger partial charge in [0.25, 0.3) is 5.56 Å². The van der Waals surface area contributed by atoms with Crippen LogP contribution in [0.5, 0.6) is 0 Å². The van der Waals surface area contributed by atoms with Gasteiger partial charge in [-0.1, -0.05) is 29.8 Å². The molecule has 1 N–H and O–H groups in total. The van der Waals surface area contributed by atoms with Crippen molar-refractivity contribution in [2.45, 2.75) is 13.5 Å². The number of carboxylic acid groups (broad SMARTS) is 1. The van der Waals surface area contributed by atoms with Gasteiger partial charge >= 0.3 is 5.97 Å². The van der Waals surface area contributed by atoms with Crippen LogP contribution in [0.4, 0.5) is 0 Å². The monoisotopic (exact) mass is 293 g/mol. The second kappa shape index (κ2) is 5.48. The Labute approximate surface area is 127 Å². The van der Waals surface area contributed by atoms with E-state index in [9.17, 15) is 9.59 Å². The van der Waals surface area contributed by atoms with Crippen LogP contribution in [0.15, 0.2) is 59.5 Å². The van der Waals surface area contributed by atoms with Crippen LogP contribution in [-0.2, 0) is 6.54 Å². The summed E-state index contributed by atoms with van der Waals surface area (Å²) in [6, 6.07) is 14.2. The lowest BCUT2D eigenvalue weighted by Crippen LogP contribution is -2.20. The topological polar surface area (TPSA) is 59.3 Å². The van der Waals surface area contributed by atoms with Crippen LogP contribution in [0.3, 0.4) is 0 Å². The molecule has 2 aromatic carbocycles. The van der Waals surface area contributed by atoms with Crippen molar-refractivity contribution in [3.05, 3.63) is 81.8 Å². The van der Waals surface area contributed by atoms with Gasteiger partial charge in [-0.05, 0) is 42.1 Å². The maximum atomic E-state index is 12.5. The molecule has 22 heavy (non-hydrogen) atoms. The molecule has 1 heterocycles. The molecule has 0 unspecified atom stereocenters. The van der Waals surface area contributed by atoms with Crippen molar-refractivity contribution in [2.24, 2.45) is 0 Å². The predicted molar refractivity (Wildman–Crippen MR) is 85.4 cm³/mol. The van der Waals surface area contributed by atoms with Crippen molar-refractivity contribution in [3.63, 3.8) is 0 Å². The molecule has 0 saturated carbocycles. The molecule has 110 valence electrons. The van der Waals surface area contributed by atoms with E-state index in [2.05, 4.69) is 0 Å². The molecule has 0 fully saturated rings. The number of aromatic nitrogens is 1. The number of pyridine rings is 1. The van der Waals surface area contributed by atoms with Crippen LogP contribution >= 0.6 is 0 Å². The Bertz CT molecular complexity index is 908. The van der Waals surface area contributed by atoms with Crippen molar-refractivity contribution in [1.29, 1.82) is 0 Å². The van der Waals surface area contributed by atoms with Crippen LogP contribution in [-0.4, -0.2) is 15.6 Å². The Hall–Kier alpha value is -2.88. The van der Waals surface area contributed by atoms with Gasteiger partial charge in [-0.15, -0.1) is 0 Å². The Morgan fingerprint density at radius 1 is 1.09 bits per heavy atom. The number of benzene rings is 2. The number of aromatic carboxylic acids is 1. The van der Waals surface area contributed by atoms with E-state index >= 15 is 0 Å². The molecule has 4 nitrogen and oxygen atoms in total. The van der Waals surface area contributed by atoms with Gasteiger partial charge in [-0.25, -0.2) is 4.79 Å². The molecule has 0 aliphatic rings. The summed E-state index contributed by atoms with van der Waals surface area (Å²) < 4.78 is 1.63. The lowest BCUT2D eigenvalue weighted by molar-refractivity contribution is 0.0697. The third kappa shape index (κ3) is 2.63. The number of rotatable bonds is 3. The Kier molecular flexibility index (Phi) is 3.51. The first-order valence-electron chi connectivity index (χ1n) is 6.96. The third-order valence-electron chi connectivity index (χ3n) is 3.69. The van der Waals surface area contributed by atoms with Gasteiger partial charge in [0.15, 0.2) is 0 Å². The van der Waals surface area contributed by atoms with Gasteiger partial charge < -0.3 is 9.67 Å². The van der Waals surface area contributed by atoms with Gasteiger partial charge in [0.2, 0.25) is 0 Å². The number of carbonyl (C=O) groups is 1. The minimum absolute atomic E-state index is 0.0418.